The molecule has 1 aliphatic heterocycles. The Kier molecular flexibility index (Phi) is 4.47. The third-order valence-corrected chi connectivity index (χ3v) is 5.07. The smallest absolute Gasteiger partial charge is 0.191 e. The van der Waals surface area contributed by atoms with Crippen LogP contribution in [0.5, 0.6) is 0 Å². The predicted molar refractivity (Wildman–Crippen MR) is 91.9 cm³/mol. The van der Waals surface area contributed by atoms with Crippen LogP contribution >= 0.6 is 0 Å². The molecule has 2 aromatic heterocycles. The van der Waals surface area contributed by atoms with Crippen LogP contribution in [-0.4, -0.2) is 51.6 Å². The molecule has 1 saturated carbocycles. The minimum Gasteiger partial charge on any atom is -0.446 e. The van der Waals surface area contributed by atoms with Gasteiger partial charge in [0.25, 0.3) is 0 Å². The fourth-order valence-corrected chi connectivity index (χ4v) is 3.67. The van der Waals surface area contributed by atoms with Crippen molar-refractivity contribution < 1.29 is 4.42 Å². The molecular formula is C18H25N5O. The van der Waals surface area contributed by atoms with Crippen molar-refractivity contribution in [2.24, 2.45) is 0 Å². The minimum atomic E-state index is 0.608. The van der Waals surface area contributed by atoms with E-state index in [2.05, 4.69) is 30.8 Å². The second kappa shape index (κ2) is 6.89. The van der Waals surface area contributed by atoms with Crippen LogP contribution in [0, 0.1) is 6.92 Å². The summed E-state index contributed by atoms with van der Waals surface area (Å²) in [5.41, 5.74) is 0. The van der Waals surface area contributed by atoms with E-state index in [4.69, 9.17) is 4.42 Å². The summed E-state index contributed by atoms with van der Waals surface area (Å²) in [6.07, 6.45) is 11.3. The van der Waals surface area contributed by atoms with Gasteiger partial charge in [-0.05, 0) is 31.7 Å². The highest BCUT2D eigenvalue weighted by Crippen LogP contribution is 2.35. The number of aryl methyl sites for hydroxylation is 1. The van der Waals surface area contributed by atoms with E-state index in [1.807, 2.05) is 19.3 Å². The van der Waals surface area contributed by atoms with Crippen LogP contribution in [0.2, 0.25) is 0 Å². The average Bonchev–Trinajstić information content (AvgIpc) is 3.36. The quantitative estimate of drug-likeness (QED) is 0.812. The molecule has 6 nitrogen and oxygen atoms in total. The number of hydrogen-bond acceptors (Lipinski definition) is 6. The Hall–Kier alpha value is -1.95. The molecule has 0 aromatic carbocycles. The van der Waals surface area contributed by atoms with Gasteiger partial charge in [-0.25, -0.2) is 15.0 Å². The Morgan fingerprint density at radius 3 is 2.58 bits per heavy atom. The molecule has 0 radical (unpaired) electrons. The topological polar surface area (TPSA) is 58.3 Å². The normalized spacial score (nSPS) is 19.5. The van der Waals surface area contributed by atoms with E-state index in [1.165, 1.54) is 25.7 Å². The fraction of sp³-hybridized carbons (Fsp3) is 0.611. The van der Waals surface area contributed by atoms with Gasteiger partial charge in [0.15, 0.2) is 5.89 Å². The van der Waals surface area contributed by atoms with Crippen LogP contribution in [-0.2, 0) is 6.42 Å². The predicted octanol–water partition coefficient (Wildman–Crippen LogP) is 2.45. The third-order valence-electron chi connectivity index (χ3n) is 5.07. The number of likely N-dealkylation sites (tertiary alicyclic amines) is 1. The highest BCUT2D eigenvalue weighted by molar-refractivity contribution is 5.41. The minimum absolute atomic E-state index is 0.608. The number of anilines is 1. The van der Waals surface area contributed by atoms with Crippen LogP contribution in [0.15, 0.2) is 29.2 Å². The summed E-state index contributed by atoms with van der Waals surface area (Å²) in [6, 6.07) is 3.35. The molecular weight excluding hydrogens is 302 g/mol. The zero-order valence-electron chi connectivity index (χ0n) is 14.3. The lowest BCUT2D eigenvalue weighted by Crippen LogP contribution is -2.46. The Labute approximate surface area is 142 Å². The lowest BCUT2D eigenvalue weighted by molar-refractivity contribution is 0.206. The lowest BCUT2D eigenvalue weighted by Gasteiger charge is -2.39. The molecule has 2 fully saturated rings. The van der Waals surface area contributed by atoms with Crippen LogP contribution < -0.4 is 4.90 Å². The zero-order valence-corrected chi connectivity index (χ0v) is 14.3. The van der Waals surface area contributed by atoms with Gasteiger partial charge in [-0.2, -0.15) is 0 Å². The standard InChI is InChI=1S/C18H25N5O/c1-14-20-12-17(24-14)7-11-22-9-5-16(6-10-22)23(15-2-3-15)18-4-8-19-13-21-18/h4,8,12-13,15-16H,2-3,5-7,9-11H2,1H3. The van der Waals surface area contributed by atoms with Crippen molar-refractivity contribution in [3.63, 3.8) is 0 Å². The van der Waals surface area contributed by atoms with E-state index in [9.17, 15) is 0 Å². The van der Waals surface area contributed by atoms with E-state index < -0.39 is 0 Å². The maximum absolute atomic E-state index is 5.57. The number of hydrogen-bond donors (Lipinski definition) is 0. The molecule has 1 saturated heterocycles. The first-order valence-corrected chi connectivity index (χ1v) is 8.97. The van der Waals surface area contributed by atoms with E-state index in [0.717, 1.165) is 43.5 Å². The van der Waals surface area contributed by atoms with Gasteiger partial charge in [0.2, 0.25) is 0 Å². The molecule has 2 aromatic rings. The highest BCUT2D eigenvalue weighted by atomic mass is 16.3. The summed E-state index contributed by atoms with van der Waals surface area (Å²) in [5, 5.41) is 0. The van der Waals surface area contributed by atoms with Gasteiger partial charge in [-0.15, -0.1) is 0 Å². The van der Waals surface area contributed by atoms with Crippen LogP contribution in [0.3, 0.4) is 0 Å². The molecule has 1 aliphatic carbocycles. The molecule has 128 valence electrons. The van der Waals surface area contributed by atoms with Crippen LogP contribution in [0.25, 0.3) is 0 Å². The Balaban J connectivity index is 1.31. The van der Waals surface area contributed by atoms with Gasteiger partial charge in [-0.3, -0.25) is 0 Å². The Morgan fingerprint density at radius 1 is 1.17 bits per heavy atom. The summed E-state index contributed by atoms with van der Waals surface area (Å²) in [4.78, 5) is 17.8. The number of rotatable bonds is 6. The van der Waals surface area contributed by atoms with Crippen molar-refractivity contribution in [3.05, 3.63) is 36.4 Å². The summed E-state index contributed by atoms with van der Waals surface area (Å²) >= 11 is 0. The first kappa shape index (κ1) is 15.6. The van der Waals surface area contributed by atoms with Gasteiger partial charge < -0.3 is 14.2 Å². The van der Waals surface area contributed by atoms with Gasteiger partial charge in [0, 0.05) is 51.3 Å². The number of oxazole rings is 1. The summed E-state index contributed by atoms with van der Waals surface area (Å²) in [5.74, 6) is 2.85. The molecule has 6 heteroatoms. The maximum atomic E-state index is 5.57. The van der Waals surface area contributed by atoms with Crippen LogP contribution in [0.4, 0.5) is 5.82 Å². The first-order valence-electron chi connectivity index (χ1n) is 8.97. The first-order chi connectivity index (χ1) is 11.8. The summed E-state index contributed by atoms with van der Waals surface area (Å²) in [6.45, 7) is 5.24. The number of aromatic nitrogens is 3. The van der Waals surface area contributed by atoms with E-state index in [-0.39, 0.29) is 0 Å². The summed E-state index contributed by atoms with van der Waals surface area (Å²) in [7, 11) is 0. The molecule has 0 spiro atoms. The van der Waals surface area contributed by atoms with Crippen molar-refractivity contribution in [2.45, 2.75) is 51.1 Å². The average molecular weight is 327 g/mol. The SMILES string of the molecule is Cc1ncc(CCN2CCC(N(c3ccncn3)C3CC3)CC2)o1. The molecule has 2 aliphatic rings. The second-order valence-corrected chi connectivity index (χ2v) is 6.87. The highest BCUT2D eigenvalue weighted by Gasteiger charge is 2.36. The fourth-order valence-electron chi connectivity index (χ4n) is 3.67. The van der Waals surface area contributed by atoms with Crippen molar-refractivity contribution >= 4 is 5.82 Å². The molecule has 4 rings (SSSR count). The van der Waals surface area contributed by atoms with E-state index in [1.54, 1.807) is 6.33 Å². The van der Waals surface area contributed by atoms with Crippen molar-refractivity contribution in [2.75, 3.05) is 24.5 Å². The third kappa shape index (κ3) is 3.59. The van der Waals surface area contributed by atoms with Crippen molar-refractivity contribution in [1.29, 1.82) is 0 Å². The van der Waals surface area contributed by atoms with E-state index >= 15 is 0 Å². The molecule has 24 heavy (non-hydrogen) atoms. The number of piperidine rings is 1. The van der Waals surface area contributed by atoms with Gasteiger partial charge >= 0.3 is 0 Å². The Bertz CT molecular complexity index is 646. The molecule has 0 unspecified atom stereocenters. The summed E-state index contributed by atoms with van der Waals surface area (Å²) < 4.78 is 5.57. The van der Waals surface area contributed by atoms with E-state index in [0.29, 0.717) is 12.1 Å². The second-order valence-electron chi connectivity index (χ2n) is 6.87. The number of nitrogens with zero attached hydrogens (tertiary/aromatic N) is 5. The molecule has 0 N–H and O–H groups in total. The zero-order chi connectivity index (χ0) is 16.4. The molecule has 0 atom stereocenters. The van der Waals surface area contributed by atoms with Crippen LogP contribution in [0.1, 0.15) is 37.3 Å². The van der Waals surface area contributed by atoms with Gasteiger partial charge in [-0.1, -0.05) is 0 Å². The van der Waals surface area contributed by atoms with Gasteiger partial charge in [0.1, 0.15) is 17.9 Å². The van der Waals surface area contributed by atoms with Gasteiger partial charge in [0.05, 0.1) is 6.20 Å². The Morgan fingerprint density at radius 2 is 1.96 bits per heavy atom. The van der Waals surface area contributed by atoms with Crippen molar-refractivity contribution in [3.8, 4) is 0 Å². The maximum Gasteiger partial charge on any atom is 0.191 e. The molecule has 0 bridgehead atoms. The monoisotopic (exact) mass is 327 g/mol. The molecule has 3 heterocycles. The largest absolute Gasteiger partial charge is 0.446 e. The lowest BCUT2D eigenvalue weighted by atomic mass is 10.0. The van der Waals surface area contributed by atoms with Crippen molar-refractivity contribution in [1.82, 2.24) is 19.9 Å². The molecule has 0 amide bonds.